The molecule has 2 amide bonds. The van der Waals surface area contributed by atoms with E-state index in [0.717, 1.165) is 49.2 Å². The summed E-state index contributed by atoms with van der Waals surface area (Å²) in [7, 11) is 1.87. The molecule has 0 radical (unpaired) electrons. The number of anilines is 2. The van der Waals surface area contributed by atoms with Crippen molar-refractivity contribution in [3.63, 3.8) is 0 Å². The number of hydrogen-bond acceptors (Lipinski definition) is 4. The zero-order valence-electron chi connectivity index (χ0n) is 16.8. The predicted octanol–water partition coefficient (Wildman–Crippen LogP) is 2.13. The Morgan fingerprint density at radius 3 is 2.59 bits per heavy atom. The lowest BCUT2D eigenvalue weighted by molar-refractivity contribution is -0.140. The van der Waals surface area contributed by atoms with E-state index in [-0.39, 0.29) is 23.8 Å². The fraction of sp³-hybridized carbons (Fsp3) is 0.619. The topological polar surface area (TPSA) is 69.9 Å². The molecule has 0 spiro atoms. The smallest absolute Gasteiger partial charge is 0.242 e. The fourth-order valence-electron chi connectivity index (χ4n) is 4.07. The number of hydrogen-bond donors (Lipinski definition) is 1. The standard InChI is InChI=1S/C21H32N4O2/c1-15(2)23(3)21(27)16-9-12-24(13-10-16)20(26)14-25-11-5-6-17-18(22)7-4-8-19(17)25/h4,7-8,15-16H,5-6,9-14,22H2,1-3H3. The minimum Gasteiger partial charge on any atom is -0.398 e. The van der Waals surface area contributed by atoms with Crippen molar-refractivity contribution >= 4 is 23.2 Å². The van der Waals surface area contributed by atoms with Crippen LogP contribution in [0.4, 0.5) is 11.4 Å². The monoisotopic (exact) mass is 372 g/mol. The summed E-state index contributed by atoms with van der Waals surface area (Å²) >= 11 is 0. The van der Waals surface area contributed by atoms with Crippen LogP contribution in [0, 0.1) is 5.92 Å². The van der Waals surface area contributed by atoms with Crippen LogP contribution in [0.2, 0.25) is 0 Å². The van der Waals surface area contributed by atoms with Crippen molar-refractivity contribution in [2.75, 3.05) is 43.9 Å². The number of carbonyl (C=O) groups excluding carboxylic acids is 2. The summed E-state index contributed by atoms with van der Waals surface area (Å²) < 4.78 is 0. The Kier molecular flexibility index (Phi) is 5.92. The summed E-state index contributed by atoms with van der Waals surface area (Å²) in [5.74, 6) is 0.392. The first-order valence-electron chi connectivity index (χ1n) is 10.0. The van der Waals surface area contributed by atoms with Gasteiger partial charge in [-0.05, 0) is 57.2 Å². The lowest BCUT2D eigenvalue weighted by Gasteiger charge is -2.37. The molecule has 3 rings (SSSR count). The second-order valence-corrected chi connectivity index (χ2v) is 8.07. The maximum Gasteiger partial charge on any atom is 0.242 e. The summed E-state index contributed by atoms with van der Waals surface area (Å²) in [4.78, 5) is 31.2. The molecule has 0 saturated carbocycles. The SMILES string of the molecule is CC(C)N(C)C(=O)C1CCN(C(=O)CN2CCCc3c(N)cccc32)CC1. The van der Waals surface area contributed by atoms with Gasteiger partial charge in [0.2, 0.25) is 11.8 Å². The van der Waals surface area contributed by atoms with Gasteiger partial charge in [-0.2, -0.15) is 0 Å². The van der Waals surface area contributed by atoms with Gasteiger partial charge in [-0.3, -0.25) is 9.59 Å². The van der Waals surface area contributed by atoms with E-state index in [2.05, 4.69) is 11.0 Å². The third-order valence-electron chi connectivity index (χ3n) is 6.03. The molecule has 2 heterocycles. The number of piperidine rings is 1. The molecular weight excluding hydrogens is 340 g/mol. The number of fused-ring (bicyclic) bond motifs is 1. The second-order valence-electron chi connectivity index (χ2n) is 8.07. The van der Waals surface area contributed by atoms with Crippen LogP contribution in [-0.4, -0.2) is 60.9 Å². The molecule has 6 nitrogen and oxygen atoms in total. The zero-order valence-corrected chi connectivity index (χ0v) is 16.8. The first-order valence-corrected chi connectivity index (χ1v) is 10.0. The normalized spacial score (nSPS) is 17.8. The van der Waals surface area contributed by atoms with Gasteiger partial charge in [0.15, 0.2) is 0 Å². The first kappa shape index (κ1) is 19.5. The van der Waals surface area contributed by atoms with Crippen LogP contribution in [0.5, 0.6) is 0 Å². The first-order chi connectivity index (χ1) is 12.9. The van der Waals surface area contributed by atoms with Crippen LogP contribution in [0.15, 0.2) is 18.2 Å². The number of nitrogens with zero attached hydrogens (tertiary/aromatic N) is 3. The molecule has 0 aromatic heterocycles. The number of amides is 2. The summed E-state index contributed by atoms with van der Waals surface area (Å²) in [5.41, 5.74) is 9.19. The lowest BCUT2D eigenvalue weighted by atomic mass is 9.94. The molecule has 0 bridgehead atoms. The summed E-state index contributed by atoms with van der Waals surface area (Å²) in [6.07, 6.45) is 3.51. The number of nitrogens with two attached hydrogens (primary N) is 1. The van der Waals surface area contributed by atoms with Crippen LogP contribution in [0.25, 0.3) is 0 Å². The van der Waals surface area contributed by atoms with Gasteiger partial charge in [-0.25, -0.2) is 0 Å². The van der Waals surface area contributed by atoms with Crippen molar-refractivity contribution in [2.45, 2.75) is 45.6 Å². The summed E-state index contributed by atoms with van der Waals surface area (Å²) in [6, 6.07) is 6.16. The van der Waals surface area contributed by atoms with E-state index in [0.29, 0.717) is 19.6 Å². The Hall–Kier alpha value is -2.24. The van der Waals surface area contributed by atoms with E-state index in [4.69, 9.17) is 5.73 Å². The van der Waals surface area contributed by atoms with Crippen molar-refractivity contribution in [3.05, 3.63) is 23.8 Å². The van der Waals surface area contributed by atoms with Crippen molar-refractivity contribution in [1.29, 1.82) is 0 Å². The Bertz CT molecular complexity index is 695. The highest BCUT2D eigenvalue weighted by molar-refractivity contribution is 5.83. The van der Waals surface area contributed by atoms with Gasteiger partial charge in [0.05, 0.1) is 6.54 Å². The molecule has 148 valence electrons. The Balaban J connectivity index is 1.57. The Morgan fingerprint density at radius 1 is 1.22 bits per heavy atom. The van der Waals surface area contributed by atoms with Crippen molar-refractivity contribution < 1.29 is 9.59 Å². The highest BCUT2D eigenvalue weighted by Gasteiger charge is 2.31. The van der Waals surface area contributed by atoms with Gasteiger partial charge in [0.25, 0.3) is 0 Å². The van der Waals surface area contributed by atoms with E-state index >= 15 is 0 Å². The molecule has 1 aromatic rings. The second kappa shape index (κ2) is 8.19. The molecule has 27 heavy (non-hydrogen) atoms. The molecule has 6 heteroatoms. The van der Waals surface area contributed by atoms with Gasteiger partial charge in [0.1, 0.15) is 0 Å². The molecule has 2 aliphatic heterocycles. The molecule has 1 saturated heterocycles. The maximum absolute atomic E-state index is 12.8. The predicted molar refractivity (Wildman–Crippen MR) is 109 cm³/mol. The van der Waals surface area contributed by atoms with Crippen LogP contribution in [0.3, 0.4) is 0 Å². The molecule has 1 aromatic carbocycles. The largest absolute Gasteiger partial charge is 0.398 e. The van der Waals surface area contributed by atoms with Crippen molar-refractivity contribution in [2.24, 2.45) is 5.92 Å². The number of likely N-dealkylation sites (tertiary alicyclic amines) is 1. The van der Waals surface area contributed by atoms with Crippen LogP contribution >= 0.6 is 0 Å². The van der Waals surface area contributed by atoms with Crippen LogP contribution in [0.1, 0.15) is 38.7 Å². The highest BCUT2D eigenvalue weighted by Crippen LogP contribution is 2.31. The maximum atomic E-state index is 12.8. The van der Waals surface area contributed by atoms with Gasteiger partial charge in [-0.1, -0.05) is 6.07 Å². The minimum atomic E-state index is 0.0389. The number of benzene rings is 1. The number of carbonyl (C=O) groups is 2. The molecule has 0 aliphatic carbocycles. The average Bonchev–Trinajstić information content (AvgIpc) is 2.67. The van der Waals surface area contributed by atoms with E-state index in [1.807, 2.05) is 42.8 Å². The molecule has 0 unspecified atom stereocenters. The van der Waals surface area contributed by atoms with Gasteiger partial charge < -0.3 is 20.4 Å². The molecular formula is C21H32N4O2. The van der Waals surface area contributed by atoms with Crippen LogP contribution < -0.4 is 10.6 Å². The van der Waals surface area contributed by atoms with Gasteiger partial charge >= 0.3 is 0 Å². The quantitative estimate of drug-likeness (QED) is 0.822. The Labute approximate surface area is 162 Å². The molecule has 0 atom stereocenters. The average molecular weight is 373 g/mol. The van der Waals surface area contributed by atoms with E-state index in [1.54, 1.807) is 0 Å². The fourth-order valence-corrected chi connectivity index (χ4v) is 4.07. The zero-order chi connectivity index (χ0) is 19.6. The molecule has 2 aliphatic rings. The van der Waals surface area contributed by atoms with Gasteiger partial charge in [0, 0.05) is 50.0 Å². The van der Waals surface area contributed by atoms with E-state index < -0.39 is 0 Å². The number of rotatable bonds is 4. The number of nitrogen functional groups attached to an aromatic ring is 1. The van der Waals surface area contributed by atoms with E-state index in [9.17, 15) is 9.59 Å². The third kappa shape index (κ3) is 4.20. The molecule has 2 N–H and O–H groups in total. The molecule has 1 fully saturated rings. The minimum absolute atomic E-state index is 0.0389. The van der Waals surface area contributed by atoms with Crippen molar-refractivity contribution in [3.8, 4) is 0 Å². The summed E-state index contributed by atoms with van der Waals surface area (Å²) in [5, 5.41) is 0. The lowest BCUT2D eigenvalue weighted by Crippen LogP contribution is -2.48. The van der Waals surface area contributed by atoms with Crippen molar-refractivity contribution in [1.82, 2.24) is 9.80 Å². The summed E-state index contributed by atoms with van der Waals surface area (Å²) in [6.45, 7) is 6.66. The van der Waals surface area contributed by atoms with Crippen LogP contribution in [-0.2, 0) is 16.0 Å². The Morgan fingerprint density at radius 2 is 1.93 bits per heavy atom. The van der Waals surface area contributed by atoms with Gasteiger partial charge in [-0.15, -0.1) is 0 Å². The highest BCUT2D eigenvalue weighted by atomic mass is 16.2. The third-order valence-corrected chi connectivity index (χ3v) is 6.03. The van der Waals surface area contributed by atoms with E-state index in [1.165, 1.54) is 0 Å².